The molecule has 4 aromatic rings. The van der Waals surface area contributed by atoms with Crippen molar-refractivity contribution in [2.45, 2.75) is 26.4 Å². The molecule has 37 heavy (non-hydrogen) atoms. The highest BCUT2D eigenvalue weighted by Gasteiger charge is 2.23. The number of pyridine rings is 1. The Bertz CT molecular complexity index is 1660. The third-order valence-electron chi connectivity index (χ3n) is 5.50. The summed E-state index contributed by atoms with van der Waals surface area (Å²) in [6.07, 6.45) is 0.415. The molecule has 4 rings (SSSR count). The minimum atomic E-state index is -0.926. The van der Waals surface area contributed by atoms with E-state index in [1.807, 2.05) is 0 Å². The van der Waals surface area contributed by atoms with Crippen LogP contribution in [-0.4, -0.2) is 53.8 Å². The molecule has 0 aliphatic heterocycles. The van der Waals surface area contributed by atoms with Crippen molar-refractivity contribution in [3.8, 4) is 0 Å². The summed E-state index contributed by atoms with van der Waals surface area (Å²) in [5.41, 5.74) is 5.26. The number of nitrogens with zero attached hydrogens (tertiary/aromatic N) is 7. The average Bonchev–Trinajstić information content (AvgIpc) is 3.51. The van der Waals surface area contributed by atoms with Crippen molar-refractivity contribution in [3.05, 3.63) is 68.6 Å². The van der Waals surface area contributed by atoms with Crippen molar-refractivity contribution >= 4 is 34.8 Å². The lowest BCUT2D eigenvalue weighted by Crippen LogP contribution is -2.40. The fraction of sp³-hybridized carbons (Fsp3) is 0.273. The number of ether oxygens (including phenoxy) is 1. The van der Waals surface area contributed by atoms with Crippen molar-refractivity contribution in [1.82, 2.24) is 28.8 Å². The zero-order valence-corrected chi connectivity index (χ0v) is 20.3. The van der Waals surface area contributed by atoms with Crippen LogP contribution >= 0.6 is 0 Å². The van der Waals surface area contributed by atoms with Crippen molar-refractivity contribution in [2.75, 3.05) is 12.4 Å². The molecule has 0 aliphatic rings. The number of aromatic nitrogens is 6. The maximum atomic E-state index is 13.3. The van der Waals surface area contributed by atoms with E-state index in [1.165, 1.54) is 34.6 Å². The Kier molecular flexibility index (Phi) is 6.69. The summed E-state index contributed by atoms with van der Waals surface area (Å²) in [7, 11) is 2.64. The van der Waals surface area contributed by atoms with Gasteiger partial charge in [-0.25, -0.2) is 19.6 Å². The predicted octanol–water partition coefficient (Wildman–Crippen LogP) is 0.308. The Balaban J connectivity index is 1.66. The van der Waals surface area contributed by atoms with Crippen LogP contribution in [0, 0.1) is 6.92 Å². The molecule has 4 aromatic heterocycles. The smallest absolute Gasteiger partial charge is 0.435 e. The van der Waals surface area contributed by atoms with Crippen molar-refractivity contribution in [2.24, 2.45) is 17.8 Å². The molecule has 15 heteroatoms. The number of amides is 2. The van der Waals surface area contributed by atoms with Gasteiger partial charge in [-0.3, -0.25) is 18.7 Å². The first kappa shape index (κ1) is 25.0. The van der Waals surface area contributed by atoms with Crippen LogP contribution in [0.4, 0.5) is 10.6 Å². The molecule has 15 nitrogen and oxygen atoms in total. The van der Waals surface area contributed by atoms with E-state index in [0.29, 0.717) is 11.5 Å². The van der Waals surface area contributed by atoms with Gasteiger partial charge in [0, 0.05) is 13.1 Å². The quantitative estimate of drug-likeness (QED) is 0.270. The number of rotatable bonds is 6. The highest BCUT2D eigenvalue weighted by atomic mass is 16.5. The molecular formula is C22H23N9O6. The summed E-state index contributed by atoms with van der Waals surface area (Å²) >= 11 is 0. The van der Waals surface area contributed by atoms with E-state index in [-0.39, 0.29) is 35.1 Å². The molecule has 0 aromatic carbocycles. The molecule has 192 valence electrons. The lowest BCUT2D eigenvalue weighted by atomic mass is 10.3. The van der Waals surface area contributed by atoms with Crippen LogP contribution in [0.1, 0.15) is 30.1 Å². The summed E-state index contributed by atoms with van der Waals surface area (Å²) in [4.78, 5) is 62.5. The maximum Gasteiger partial charge on any atom is 0.435 e. The fourth-order valence-electron chi connectivity index (χ4n) is 3.58. The van der Waals surface area contributed by atoms with Gasteiger partial charge in [0.25, 0.3) is 5.56 Å². The van der Waals surface area contributed by atoms with Gasteiger partial charge in [0.2, 0.25) is 5.91 Å². The second-order valence-corrected chi connectivity index (χ2v) is 8.03. The van der Waals surface area contributed by atoms with Crippen molar-refractivity contribution < 1.29 is 18.8 Å². The normalized spacial score (nSPS) is 12.5. The molecule has 0 unspecified atom stereocenters. The van der Waals surface area contributed by atoms with Crippen molar-refractivity contribution in [3.63, 3.8) is 0 Å². The maximum absolute atomic E-state index is 13.3. The molecule has 0 spiro atoms. The number of hydrogen-bond donors (Lipinski definition) is 2. The SMILES string of the molecule is COC(=O)/N=C(\N)c1cccc(NC(=O)[C@H](C)n2cnc3c2c(=O)n(Cc2cc(C)on2)c(=O)n3C)n1. The molecular weight excluding hydrogens is 486 g/mol. The van der Waals surface area contributed by atoms with Crippen LogP contribution in [0.25, 0.3) is 11.2 Å². The Morgan fingerprint density at radius 1 is 1.30 bits per heavy atom. The lowest BCUT2D eigenvalue weighted by Gasteiger charge is -2.15. The number of imidazole rings is 1. The molecule has 0 saturated carbocycles. The predicted molar refractivity (Wildman–Crippen MR) is 130 cm³/mol. The monoisotopic (exact) mass is 509 g/mol. The van der Waals surface area contributed by atoms with E-state index in [4.69, 9.17) is 10.3 Å². The standard InChI is InChI=1S/C22H23N9O6/c1-11-8-13(28-37-11)9-30-20(33)16-18(29(3)22(30)35)24-10-31(16)12(2)19(32)26-15-7-5-6-14(25-15)17(23)27-21(34)36-4/h5-8,10,12H,9H2,1-4H3,(H2,23,27,34)(H,25,26,32)/t12-/m0/s1. The largest absolute Gasteiger partial charge is 0.451 e. The van der Waals surface area contributed by atoms with Gasteiger partial charge in [-0.2, -0.15) is 4.99 Å². The minimum absolute atomic E-state index is 0.0566. The zero-order chi connectivity index (χ0) is 26.9. The van der Waals surface area contributed by atoms with Crippen LogP contribution in [0.2, 0.25) is 0 Å². The Morgan fingerprint density at radius 3 is 2.73 bits per heavy atom. The van der Waals surface area contributed by atoms with Gasteiger partial charge in [-0.15, -0.1) is 0 Å². The number of nitrogens with one attached hydrogen (secondary N) is 1. The Morgan fingerprint density at radius 2 is 2.05 bits per heavy atom. The summed E-state index contributed by atoms with van der Waals surface area (Å²) in [6, 6.07) is 5.28. The molecule has 0 saturated heterocycles. The van der Waals surface area contributed by atoms with Gasteiger partial charge in [0.15, 0.2) is 17.0 Å². The molecule has 0 fully saturated rings. The van der Waals surface area contributed by atoms with Crippen molar-refractivity contribution in [1.29, 1.82) is 0 Å². The summed E-state index contributed by atoms with van der Waals surface area (Å²) < 4.78 is 13.1. The number of nitrogens with two attached hydrogens (primary N) is 1. The van der Waals surface area contributed by atoms with Gasteiger partial charge < -0.3 is 24.9 Å². The number of aliphatic imine (C=N–C) groups is 1. The molecule has 2 amide bonds. The first-order valence-electron chi connectivity index (χ1n) is 10.9. The van der Waals surface area contributed by atoms with Gasteiger partial charge in [-0.05, 0) is 26.0 Å². The number of fused-ring (bicyclic) bond motifs is 1. The van der Waals surface area contributed by atoms with Gasteiger partial charge in [-0.1, -0.05) is 11.2 Å². The van der Waals surface area contributed by atoms with Gasteiger partial charge >= 0.3 is 11.8 Å². The highest BCUT2D eigenvalue weighted by molar-refractivity contribution is 6.02. The van der Waals surface area contributed by atoms with Gasteiger partial charge in [0.1, 0.15) is 29.0 Å². The number of carbonyl (C=O) groups excluding carboxylic acids is 2. The Hall–Kier alpha value is -5.08. The highest BCUT2D eigenvalue weighted by Crippen LogP contribution is 2.16. The summed E-state index contributed by atoms with van der Waals surface area (Å²) in [5, 5.41) is 6.48. The van der Waals surface area contributed by atoms with Gasteiger partial charge in [0.05, 0.1) is 20.0 Å². The second kappa shape index (κ2) is 9.88. The van der Waals surface area contributed by atoms with E-state index in [2.05, 4.69) is 30.2 Å². The zero-order valence-electron chi connectivity index (χ0n) is 20.3. The number of anilines is 1. The third kappa shape index (κ3) is 4.86. The molecule has 0 aliphatic carbocycles. The van der Waals surface area contributed by atoms with E-state index in [0.717, 1.165) is 11.7 Å². The van der Waals surface area contributed by atoms with E-state index in [9.17, 15) is 19.2 Å². The first-order valence-corrected chi connectivity index (χ1v) is 10.9. The van der Waals surface area contributed by atoms with E-state index in [1.54, 1.807) is 26.0 Å². The van der Waals surface area contributed by atoms with Crippen LogP contribution in [-0.2, 0) is 23.1 Å². The number of methoxy groups -OCH3 is 1. The Labute approximate surface area is 208 Å². The molecule has 0 bridgehead atoms. The average molecular weight is 509 g/mol. The van der Waals surface area contributed by atoms with Crippen LogP contribution in [0.3, 0.4) is 0 Å². The molecule has 3 N–H and O–H groups in total. The number of hydrogen-bond acceptors (Lipinski definition) is 9. The number of carbonyl (C=O) groups is 2. The minimum Gasteiger partial charge on any atom is -0.451 e. The fourth-order valence-corrected chi connectivity index (χ4v) is 3.58. The molecule has 4 heterocycles. The number of amidine groups is 1. The van der Waals surface area contributed by atoms with Crippen LogP contribution in [0.15, 0.2) is 49.7 Å². The first-order chi connectivity index (χ1) is 17.6. The number of aryl methyl sites for hydroxylation is 2. The lowest BCUT2D eigenvalue weighted by molar-refractivity contribution is -0.118. The molecule has 1 atom stereocenters. The molecule has 0 radical (unpaired) electrons. The summed E-state index contributed by atoms with van der Waals surface area (Å²) in [6.45, 7) is 3.14. The van der Waals surface area contributed by atoms with E-state index < -0.39 is 29.3 Å². The third-order valence-corrected chi connectivity index (χ3v) is 5.50. The topological polar surface area (TPSA) is 195 Å². The second-order valence-electron chi connectivity index (χ2n) is 8.03. The summed E-state index contributed by atoms with van der Waals surface area (Å²) in [5.74, 6) is -0.0555. The van der Waals surface area contributed by atoms with E-state index >= 15 is 0 Å². The van der Waals surface area contributed by atoms with Crippen LogP contribution < -0.4 is 22.3 Å². The van der Waals surface area contributed by atoms with Crippen LogP contribution in [0.5, 0.6) is 0 Å².